The van der Waals surface area contributed by atoms with Crippen molar-refractivity contribution < 1.29 is 5.11 Å². The molecule has 0 saturated carbocycles. The fourth-order valence-corrected chi connectivity index (χ4v) is 3.49. The summed E-state index contributed by atoms with van der Waals surface area (Å²) in [5, 5.41) is 12.2. The number of pyridine rings is 2. The lowest BCUT2D eigenvalue weighted by molar-refractivity contribution is 0.477. The normalized spacial score (nSPS) is 11.1. The van der Waals surface area contributed by atoms with E-state index in [0.29, 0.717) is 16.9 Å². The van der Waals surface area contributed by atoms with Gasteiger partial charge in [0.25, 0.3) is 0 Å². The highest BCUT2D eigenvalue weighted by molar-refractivity contribution is 6.04. The highest BCUT2D eigenvalue weighted by Crippen LogP contribution is 2.32. The molecule has 3 N–H and O–H groups in total. The van der Waals surface area contributed by atoms with Gasteiger partial charge in [-0.05, 0) is 30.3 Å². The Morgan fingerprint density at radius 1 is 0.571 bits per heavy atom. The second kappa shape index (κ2) is 6.35. The Hall–Kier alpha value is -3.92. The van der Waals surface area contributed by atoms with Gasteiger partial charge in [-0.15, -0.1) is 0 Å². The van der Waals surface area contributed by atoms with Gasteiger partial charge in [-0.1, -0.05) is 54.6 Å². The molecule has 0 aliphatic rings. The van der Waals surface area contributed by atoms with E-state index in [1.807, 2.05) is 72.8 Å². The van der Waals surface area contributed by atoms with Crippen molar-refractivity contribution in [2.45, 2.75) is 0 Å². The molecule has 0 fully saturated rings. The third kappa shape index (κ3) is 2.63. The number of rotatable bonds is 2. The van der Waals surface area contributed by atoms with Crippen molar-refractivity contribution in [3.63, 3.8) is 0 Å². The number of nitrogens with two attached hydrogens (primary N) is 1. The maximum atomic E-state index is 10.2. The monoisotopic (exact) mass is 363 g/mol. The van der Waals surface area contributed by atoms with Gasteiger partial charge < -0.3 is 10.8 Å². The summed E-state index contributed by atoms with van der Waals surface area (Å²) in [6, 6.07) is 26.9. The fourth-order valence-electron chi connectivity index (χ4n) is 3.49. The first kappa shape index (κ1) is 16.3. The minimum atomic E-state index is 0.209. The summed E-state index contributed by atoms with van der Waals surface area (Å²) in [6.45, 7) is 0. The lowest BCUT2D eigenvalue weighted by atomic mass is 10.0. The summed E-state index contributed by atoms with van der Waals surface area (Å²) in [5.74, 6) is 0.209. The molecule has 5 rings (SSSR count). The molecule has 4 nitrogen and oxygen atoms in total. The van der Waals surface area contributed by atoms with Crippen LogP contribution >= 0.6 is 0 Å². The van der Waals surface area contributed by atoms with Crippen molar-refractivity contribution in [3.8, 4) is 28.3 Å². The first-order valence-corrected chi connectivity index (χ1v) is 9.04. The molecular formula is C24H17N3O. The third-order valence-corrected chi connectivity index (χ3v) is 4.94. The van der Waals surface area contributed by atoms with Gasteiger partial charge >= 0.3 is 0 Å². The predicted molar refractivity (Wildman–Crippen MR) is 114 cm³/mol. The third-order valence-electron chi connectivity index (χ3n) is 4.94. The number of benzene rings is 3. The molecule has 0 aliphatic carbocycles. The van der Waals surface area contributed by atoms with E-state index in [9.17, 15) is 5.11 Å². The molecule has 2 heterocycles. The largest absolute Gasteiger partial charge is 0.507 e. The number of hydrogen-bond acceptors (Lipinski definition) is 4. The lowest BCUT2D eigenvalue weighted by Gasteiger charge is -2.09. The van der Waals surface area contributed by atoms with Crippen LogP contribution in [0, 0.1) is 0 Å². The Kier molecular flexibility index (Phi) is 3.69. The van der Waals surface area contributed by atoms with E-state index in [-0.39, 0.29) is 5.75 Å². The molecular weight excluding hydrogens is 346 g/mol. The standard InChI is InChI=1S/C24H17N3O/c25-19-7-3-1-5-17(19)20-13-11-15-9-10-16-12-14-21(27-24(16)23(15)26-20)18-6-2-4-8-22(18)28/h1-14,28H,25H2. The minimum Gasteiger partial charge on any atom is -0.507 e. The van der Waals surface area contributed by atoms with Gasteiger partial charge in [-0.3, -0.25) is 0 Å². The SMILES string of the molecule is Nc1ccccc1-c1ccc2ccc3ccc(-c4ccccc4O)nc3c2n1. The summed E-state index contributed by atoms with van der Waals surface area (Å²) in [5.41, 5.74) is 11.6. The smallest absolute Gasteiger partial charge is 0.124 e. The van der Waals surface area contributed by atoms with E-state index in [0.717, 1.165) is 33.1 Å². The van der Waals surface area contributed by atoms with Crippen molar-refractivity contribution in [2.24, 2.45) is 0 Å². The zero-order valence-corrected chi connectivity index (χ0v) is 15.0. The molecule has 0 atom stereocenters. The second-order valence-electron chi connectivity index (χ2n) is 6.71. The van der Waals surface area contributed by atoms with Crippen molar-refractivity contribution >= 4 is 27.5 Å². The van der Waals surface area contributed by atoms with Crippen LogP contribution in [0.15, 0.2) is 84.9 Å². The van der Waals surface area contributed by atoms with E-state index in [1.54, 1.807) is 12.1 Å². The summed E-state index contributed by atoms with van der Waals surface area (Å²) >= 11 is 0. The molecule has 0 spiro atoms. The molecule has 5 aromatic rings. The quantitative estimate of drug-likeness (QED) is 0.325. The van der Waals surface area contributed by atoms with Crippen molar-refractivity contribution in [1.82, 2.24) is 9.97 Å². The zero-order valence-electron chi connectivity index (χ0n) is 15.0. The van der Waals surface area contributed by atoms with Gasteiger partial charge in [0.15, 0.2) is 0 Å². The second-order valence-corrected chi connectivity index (χ2v) is 6.71. The first-order chi connectivity index (χ1) is 13.7. The molecule has 0 unspecified atom stereocenters. The number of aromatic nitrogens is 2. The number of hydrogen-bond donors (Lipinski definition) is 2. The maximum absolute atomic E-state index is 10.2. The van der Waals surface area contributed by atoms with Gasteiger partial charge in [-0.25, -0.2) is 9.97 Å². The van der Waals surface area contributed by atoms with E-state index >= 15 is 0 Å². The highest BCUT2D eigenvalue weighted by atomic mass is 16.3. The van der Waals surface area contributed by atoms with Crippen LogP contribution in [0.4, 0.5) is 5.69 Å². The van der Waals surface area contributed by atoms with E-state index in [4.69, 9.17) is 15.7 Å². The van der Waals surface area contributed by atoms with Crippen LogP contribution in [0.1, 0.15) is 0 Å². The Bertz CT molecular complexity index is 1240. The molecule has 28 heavy (non-hydrogen) atoms. The molecule has 0 saturated heterocycles. The Morgan fingerprint density at radius 2 is 1.07 bits per heavy atom. The number of phenolic OH excluding ortho intramolecular Hbond substituents is 1. The highest BCUT2D eigenvalue weighted by Gasteiger charge is 2.11. The van der Waals surface area contributed by atoms with E-state index < -0.39 is 0 Å². The van der Waals surface area contributed by atoms with Crippen LogP contribution in [0.5, 0.6) is 5.75 Å². The van der Waals surface area contributed by atoms with Crippen molar-refractivity contribution in [1.29, 1.82) is 0 Å². The number of nitrogens with zero attached hydrogens (tertiary/aromatic N) is 2. The maximum Gasteiger partial charge on any atom is 0.124 e. The van der Waals surface area contributed by atoms with Crippen molar-refractivity contribution in [3.05, 3.63) is 84.9 Å². The number of aromatic hydroxyl groups is 1. The van der Waals surface area contributed by atoms with Gasteiger partial charge in [0.05, 0.1) is 22.4 Å². The van der Waals surface area contributed by atoms with Crippen LogP contribution in [0.2, 0.25) is 0 Å². The van der Waals surface area contributed by atoms with Gasteiger partial charge in [-0.2, -0.15) is 0 Å². The average Bonchev–Trinajstić information content (AvgIpc) is 2.74. The molecule has 0 bridgehead atoms. The Labute approximate surface area is 161 Å². The number of nitrogen functional groups attached to an aromatic ring is 1. The first-order valence-electron chi connectivity index (χ1n) is 9.04. The molecule has 134 valence electrons. The molecule has 2 aromatic heterocycles. The van der Waals surface area contributed by atoms with Crippen LogP contribution in [0.3, 0.4) is 0 Å². The average molecular weight is 363 g/mol. The van der Waals surface area contributed by atoms with Crippen LogP contribution in [-0.2, 0) is 0 Å². The molecule has 0 aliphatic heterocycles. The number of phenols is 1. The summed E-state index contributed by atoms with van der Waals surface area (Å²) in [7, 11) is 0. The number of fused-ring (bicyclic) bond motifs is 3. The van der Waals surface area contributed by atoms with Gasteiger partial charge in [0.2, 0.25) is 0 Å². The molecule has 0 radical (unpaired) electrons. The molecule has 0 amide bonds. The zero-order chi connectivity index (χ0) is 19.1. The van der Waals surface area contributed by atoms with Crippen LogP contribution in [0.25, 0.3) is 44.3 Å². The number of anilines is 1. The minimum absolute atomic E-state index is 0.209. The fraction of sp³-hybridized carbons (Fsp3) is 0. The Balaban J connectivity index is 1.78. The summed E-state index contributed by atoms with van der Waals surface area (Å²) in [4.78, 5) is 9.72. The van der Waals surface area contributed by atoms with Crippen LogP contribution in [-0.4, -0.2) is 15.1 Å². The Morgan fingerprint density at radius 3 is 1.68 bits per heavy atom. The van der Waals surface area contributed by atoms with Gasteiger partial charge in [0.1, 0.15) is 5.75 Å². The molecule has 3 aromatic carbocycles. The van der Waals surface area contributed by atoms with Crippen molar-refractivity contribution in [2.75, 3.05) is 5.73 Å². The summed E-state index contributed by atoms with van der Waals surface area (Å²) in [6.07, 6.45) is 0. The van der Waals surface area contributed by atoms with E-state index in [1.165, 1.54) is 0 Å². The lowest BCUT2D eigenvalue weighted by Crippen LogP contribution is -1.93. The topological polar surface area (TPSA) is 72.0 Å². The molecule has 4 heteroatoms. The van der Waals surface area contributed by atoms with Gasteiger partial charge in [0, 0.05) is 27.6 Å². The predicted octanol–water partition coefficient (Wildman–Crippen LogP) is 5.40. The van der Waals surface area contributed by atoms with E-state index in [2.05, 4.69) is 0 Å². The number of para-hydroxylation sites is 2. The van der Waals surface area contributed by atoms with Crippen LogP contribution < -0.4 is 5.73 Å². The summed E-state index contributed by atoms with van der Waals surface area (Å²) < 4.78 is 0.